The van der Waals surface area contributed by atoms with Gasteiger partial charge in [0.15, 0.2) is 5.65 Å². The van der Waals surface area contributed by atoms with Crippen LogP contribution in [0, 0.1) is 0 Å². The topological polar surface area (TPSA) is 80.8 Å². The van der Waals surface area contributed by atoms with Crippen molar-refractivity contribution in [3.8, 4) is 0 Å². The molecule has 0 saturated heterocycles. The molecule has 15 heavy (non-hydrogen) atoms. The molecule has 0 saturated carbocycles. The third kappa shape index (κ3) is 1.65. The molecule has 1 N–H and O–H groups in total. The highest BCUT2D eigenvalue weighted by molar-refractivity contribution is 7.98. The maximum absolute atomic E-state index is 11.3. The van der Waals surface area contributed by atoms with E-state index in [4.69, 9.17) is 0 Å². The summed E-state index contributed by atoms with van der Waals surface area (Å²) in [6, 6.07) is 0. The Labute approximate surface area is 89.4 Å². The first-order valence-electron chi connectivity index (χ1n) is 4.09. The van der Waals surface area contributed by atoms with Gasteiger partial charge < -0.3 is 4.74 Å². The molecule has 0 unspecified atom stereocenters. The summed E-state index contributed by atoms with van der Waals surface area (Å²) in [6.07, 6.45) is 3.50. The lowest BCUT2D eigenvalue weighted by Crippen LogP contribution is -2.08. The maximum atomic E-state index is 11.3. The van der Waals surface area contributed by atoms with Gasteiger partial charge in [-0.1, -0.05) is 0 Å². The van der Waals surface area contributed by atoms with Gasteiger partial charge in [0.2, 0.25) is 5.82 Å². The Hall–Kier alpha value is -1.63. The summed E-state index contributed by atoms with van der Waals surface area (Å²) >= 11 is 1.43. The van der Waals surface area contributed by atoms with Gasteiger partial charge in [-0.15, -0.1) is 11.8 Å². The van der Waals surface area contributed by atoms with Crippen molar-refractivity contribution in [3.63, 3.8) is 0 Å². The number of thioether (sulfide) groups is 1. The molecule has 0 aliphatic heterocycles. The fraction of sp³-hybridized carbons (Fsp3) is 0.250. The van der Waals surface area contributed by atoms with Gasteiger partial charge in [0.05, 0.1) is 18.7 Å². The number of hydrogen-bond donors (Lipinski definition) is 1. The third-order valence-electron chi connectivity index (χ3n) is 1.84. The quantitative estimate of drug-likeness (QED) is 0.463. The second kappa shape index (κ2) is 3.85. The number of rotatable bonds is 2. The van der Waals surface area contributed by atoms with Crippen LogP contribution in [0.4, 0.5) is 0 Å². The Morgan fingerprint density at radius 1 is 1.53 bits per heavy atom. The molecule has 7 heteroatoms. The molecule has 2 aromatic heterocycles. The number of H-pyrrole nitrogens is 1. The summed E-state index contributed by atoms with van der Waals surface area (Å²) in [5.74, 6) is -0.514. The molecule has 0 aliphatic rings. The van der Waals surface area contributed by atoms with Crippen LogP contribution in [-0.4, -0.2) is 39.5 Å². The predicted octanol–water partition coefficient (Wildman–Crippen LogP) is 0.861. The molecule has 0 bridgehead atoms. The molecule has 0 fully saturated rings. The number of esters is 1. The normalized spacial score (nSPS) is 10.5. The number of aromatic nitrogens is 4. The average molecular weight is 224 g/mol. The van der Waals surface area contributed by atoms with E-state index in [-0.39, 0.29) is 5.82 Å². The van der Waals surface area contributed by atoms with Crippen LogP contribution >= 0.6 is 11.8 Å². The monoisotopic (exact) mass is 224 g/mol. The van der Waals surface area contributed by atoms with Crippen LogP contribution in [0.25, 0.3) is 11.0 Å². The first kappa shape index (κ1) is 9.91. The van der Waals surface area contributed by atoms with E-state index in [9.17, 15) is 4.79 Å². The summed E-state index contributed by atoms with van der Waals surface area (Å²) < 4.78 is 4.55. The molecule has 0 amide bonds. The summed E-state index contributed by atoms with van der Waals surface area (Å²) in [5, 5.41) is 8.04. The van der Waals surface area contributed by atoms with E-state index in [0.717, 1.165) is 5.39 Å². The molecule has 0 aliphatic carbocycles. The van der Waals surface area contributed by atoms with Crippen molar-refractivity contribution in [1.82, 2.24) is 20.2 Å². The Morgan fingerprint density at radius 3 is 3.00 bits per heavy atom. The van der Waals surface area contributed by atoms with Crippen LogP contribution in [0.1, 0.15) is 10.6 Å². The minimum Gasteiger partial charge on any atom is -0.463 e. The molecule has 0 atom stereocenters. The van der Waals surface area contributed by atoms with Gasteiger partial charge in [0.25, 0.3) is 0 Å². The lowest BCUT2D eigenvalue weighted by Gasteiger charge is -2.00. The minimum absolute atomic E-state index is 0.0404. The molecule has 2 aromatic rings. The largest absolute Gasteiger partial charge is 0.463 e. The highest BCUT2D eigenvalue weighted by Gasteiger charge is 2.14. The summed E-state index contributed by atoms with van der Waals surface area (Å²) in [4.78, 5) is 19.3. The van der Waals surface area contributed by atoms with Gasteiger partial charge in [-0.3, -0.25) is 5.10 Å². The van der Waals surface area contributed by atoms with Crippen molar-refractivity contribution < 1.29 is 9.53 Å². The van der Waals surface area contributed by atoms with Crippen LogP contribution in [0.5, 0.6) is 0 Å². The summed E-state index contributed by atoms with van der Waals surface area (Å²) in [5.41, 5.74) is 0.537. The highest BCUT2D eigenvalue weighted by Crippen LogP contribution is 2.21. The number of hydrogen-bond acceptors (Lipinski definition) is 6. The highest BCUT2D eigenvalue weighted by atomic mass is 32.2. The number of ether oxygens (including phenoxy) is 1. The van der Waals surface area contributed by atoms with Crippen molar-refractivity contribution in [3.05, 3.63) is 12.0 Å². The fourth-order valence-electron chi connectivity index (χ4n) is 1.15. The summed E-state index contributed by atoms with van der Waals surface area (Å²) in [6.45, 7) is 0. The molecule has 78 valence electrons. The first-order chi connectivity index (χ1) is 7.26. The van der Waals surface area contributed by atoms with E-state index in [2.05, 4.69) is 24.9 Å². The summed E-state index contributed by atoms with van der Waals surface area (Å²) in [7, 11) is 1.29. The predicted molar refractivity (Wildman–Crippen MR) is 54.8 cm³/mol. The van der Waals surface area contributed by atoms with E-state index in [1.807, 2.05) is 6.26 Å². The molecule has 2 heterocycles. The van der Waals surface area contributed by atoms with E-state index in [0.29, 0.717) is 10.7 Å². The lowest BCUT2D eigenvalue weighted by molar-refractivity contribution is 0.0586. The second-order valence-corrected chi connectivity index (χ2v) is 3.48. The number of nitrogens with one attached hydrogen (secondary N) is 1. The Kier molecular flexibility index (Phi) is 2.55. The van der Waals surface area contributed by atoms with E-state index >= 15 is 0 Å². The van der Waals surface area contributed by atoms with Crippen LogP contribution in [-0.2, 0) is 4.74 Å². The minimum atomic E-state index is -0.554. The number of carbonyl (C=O) groups excluding carboxylic acids is 1. The Bertz CT molecular complexity index is 510. The molecule has 6 nitrogen and oxygen atoms in total. The first-order valence-corrected chi connectivity index (χ1v) is 5.32. The van der Waals surface area contributed by atoms with Gasteiger partial charge in [-0.25, -0.2) is 14.8 Å². The maximum Gasteiger partial charge on any atom is 0.376 e. The van der Waals surface area contributed by atoms with Crippen molar-refractivity contribution in [2.45, 2.75) is 5.03 Å². The van der Waals surface area contributed by atoms with Gasteiger partial charge in [0, 0.05) is 0 Å². The molecular formula is C8H8N4O2S. The number of aromatic amines is 1. The van der Waals surface area contributed by atoms with Crippen molar-refractivity contribution in [1.29, 1.82) is 0 Å². The van der Waals surface area contributed by atoms with E-state index in [1.54, 1.807) is 6.20 Å². The van der Waals surface area contributed by atoms with E-state index < -0.39 is 5.97 Å². The third-order valence-corrected chi connectivity index (χ3v) is 2.53. The zero-order valence-corrected chi connectivity index (χ0v) is 8.96. The Morgan fingerprint density at radius 2 is 2.33 bits per heavy atom. The average Bonchev–Trinajstić information content (AvgIpc) is 2.74. The zero-order valence-electron chi connectivity index (χ0n) is 8.14. The van der Waals surface area contributed by atoms with Crippen LogP contribution in [0.3, 0.4) is 0 Å². The zero-order chi connectivity index (χ0) is 10.8. The van der Waals surface area contributed by atoms with Crippen LogP contribution in [0.15, 0.2) is 11.2 Å². The second-order valence-electron chi connectivity index (χ2n) is 2.68. The standard InChI is InChI=1S/C8H8N4O2S/c1-14-8(13)6-10-5-4(3-9-12-5)7(11-6)15-2/h3H,1-2H3,(H,9,10,11,12). The van der Waals surface area contributed by atoms with Gasteiger partial charge >= 0.3 is 5.97 Å². The van der Waals surface area contributed by atoms with E-state index in [1.165, 1.54) is 18.9 Å². The van der Waals surface area contributed by atoms with Gasteiger partial charge in [-0.2, -0.15) is 5.10 Å². The molecule has 0 aromatic carbocycles. The lowest BCUT2D eigenvalue weighted by atomic mass is 10.4. The van der Waals surface area contributed by atoms with Crippen LogP contribution < -0.4 is 0 Å². The van der Waals surface area contributed by atoms with Crippen molar-refractivity contribution in [2.75, 3.05) is 13.4 Å². The van der Waals surface area contributed by atoms with Gasteiger partial charge in [0.1, 0.15) is 5.03 Å². The van der Waals surface area contributed by atoms with Crippen molar-refractivity contribution in [2.24, 2.45) is 0 Å². The molecular weight excluding hydrogens is 216 g/mol. The fourth-order valence-corrected chi connectivity index (χ4v) is 1.69. The van der Waals surface area contributed by atoms with Gasteiger partial charge in [-0.05, 0) is 6.26 Å². The number of methoxy groups -OCH3 is 1. The number of fused-ring (bicyclic) bond motifs is 1. The van der Waals surface area contributed by atoms with Crippen molar-refractivity contribution >= 4 is 28.8 Å². The molecule has 2 rings (SSSR count). The molecule has 0 spiro atoms. The smallest absolute Gasteiger partial charge is 0.376 e. The van der Waals surface area contributed by atoms with Crippen LogP contribution in [0.2, 0.25) is 0 Å². The Balaban J connectivity index is 2.63. The number of nitrogens with zero attached hydrogens (tertiary/aromatic N) is 3. The number of carbonyl (C=O) groups is 1. The molecule has 0 radical (unpaired) electrons. The SMILES string of the molecule is COC(=O)c1nc(SC)c2cn[nH]c2n1.